The molecule has 35 heavy (non-hydrogen) atoms. The summed E-state index contributed by atoms with van der Waals surface area (Å²) in [7, 11) is 0. The Balaban J connectivity index is 1.33. The molecule has 3 N–H and O–H groups in total. The molecule has 0 unspecified atom stereocenters. The van der Waals surface area contributed by atoms with Gasteiger partial charge in [-0.05, 0) is 56.9 Å². The first-order valence-corrected chi connectivity index (χ1v) is 11.6. The maximum absolute atomic E-state index is 14.0. The Morgan fingerprint density at radius 1 is 1.20 bits per heavy atom. The number of carboxylic acid groups (broad SMARTS) is 1. The fourth-order valence-corrected chi connectivity index (χ4v) is 4.82. The van der Waals surface area contributed by atoms with Gasteiger partial charge in [-0.1, -0.05) is 12.1 Å². The number of β-amino-alcohol motifs (C(OH)–C–C–N with tert-alkyl or cyclic N) is 1. The lowest BCUT2D eigenvalue weighted by Gasteiger charge is -2.28. The molecule has 9 heteroatoms. The number of nitrogens with one attached hydrogen (secondary N) is 1. The van der Waals surface area contributed by atoms with Crippen molar-refractivity contribution < 1.29 is 37.7 Å². The summed E-state index contributed by atoms with van der Waals surface area (Å²) in [6.07, 6.45) is -1.54. The van der Waals surface area contributed by atoms with Crippen molar-refractivity contribution in [1.82, 2.24) is 5.32 Å². The van der Waals surface area contributed by atoms with Crippen LogP contribution in [0.15, 0.2) is 24.3 Å². The first-order valence-electron chi connectivity index (χ1n) is 11.6. The van der Waals surface area contributed by atoms with Gasteiger partial charge in [0.05, 0.1) is 18.8 Å². The van der Waals surface area contributed by atoms with Gasteiger partial charge in [0.25, 0.3) is 0 Å². The van der Waals surface area contributed by atoms with Gasteiger partial charge in [0.15, 0.2) is 11.6 Å². The van der Waals surface area contributed by atoms with Crippen molar-refractivity contribution in [3.05, 3.63) is 64.0 Å². The van der Waals surface area contributed by atoms with Crippen LogP contribution < -0.4 is 10.1 Å². The third kappa shape index (κ3) is 5.17. The minimum atomic E-state index is -1.24. The zero-order valence-corrected chi connectivity index (χ0v) is 20.1. The van der Waals surface area contributed by atoms with E-state index in [-0.39, 0.29) is 37.2 Å². The van der Waals surface area contributed by atoms with Crippen molar-refractivity contribution in [3.63, 3.8) is 0 Å². The lowest BCUT2D eigenvalue weighted by molar-refractivity contribution is -0.139. The molecule has 4 rings (SSSR count). The van der Waals surface area contributed by atoms with E-state index >= 15 is 0 Å². The zero-order valence-electron chi connectivity index (χ0n) is 20.1. The standard InChI is InChI=1S/C26H30F3NO5/c1-12-5-6-16(20-21-22(25(32)33)24(21)35-23(12)20)13(2)34-11-15(31)10-30-26(3,4)9-14-7-18(28)19(29)8-17(14)27/h5-8,13,15,21-22,24,30-31H,9-11H2,1-4H3,(H,32,33)/t13-,15-,21+,22+,24+/m1/s1. The monoisotopic (exact) mass is 493 g/mol. The van der Waals surface area contributed by atoms with Crippen LogP contribution in [0.25, 0.3) is 0 Å². The van der Waals surface area contributed by atoms with Crippen molar-refractivity contribution in [2.45, 2.75) is 63.9 Å². The van der Waals surface area contributed by atoms with E-state index in [0.717, 1.165) is 28.5 Å². The highest BCUT2D eigenvalue weighted by atomic mass is 19.2. The number of aryl methyl sites for hydroxylation is 1. The summed E-state index contributed by atoms with van der Waals surface area (Å²) >= 11 is 0. The molecule has 1 aliphatic heterocycles. The molecule has 0 amide bonds. The van der Waals surface area contributed by atoms with E-state index < -0.39 is 47.1 Å². The van der Waals surface area contributed by atoms with Crippen molar-refractivity contribution >= 4 is 5.97 Å². The number of aliphatic hydroxyl groups excluding tert-OH is 1. The quantitative estimate of drug-likeness (QED) is 0.434. The molecule has 2 aromatic carbocycles. The van der Waals surface area contributed by atoms with Gasteiger partial charge in [0.2, 0.25) is 0 Å². The molecule has 0 saturated heterocycles. The van der Waals surface area contributed by atoms with Crippen molar-refractivity contribution in [1.29, 1.82) is 0 Å². The number of halogens is 3. The van der Waals surface area contributed by atoms with E-state index in [4.69, 9.17) is 9.47 Å². The van der Waals surface area contributed by atoms with Crippen LogP contribution in [0.3, 0.4) is 0 Å². The van der Waals surface area contributed by atoms with Crippen molar-refractivity contribution in [2.24, 2.45) is 5.92 Å². The summed E-state index contributed by atoms with van der Waals surface area (Å²) in [6, 6.07) is 5.19. The second-order valence-corrected chi connectivity index (χ2v) is 10.1. The maximum atomic E-state index is 14.0. The van der Waals surface area contributed by atoms with Crippen LogP contribution in [0.5, 0.6) is 5.75 Å². The van der Waals surface area contributed by atoms with Gasteiger partial charge < -0.3 is 25.0 Å². The Bertz CT molecular complexity index is 1140. The number of hydrogen-bond donors (Lipinski definition) is 3. The fourth-order valence-electron chi connectivity index (χ4n) is 4.82. The second-order valence-electron chi connectivity index (χ2n) is 10.1. The normalized spacial score (nSPS) is 22.2. The minimum absolute atomic E-state index is 0.00372. The highest BCUT2D eigenvalue weighted by Gasteiger charge is 2.64. The first-order chi connectivity index (χ1) is 16.4. The summed E-state index contributed by atoms with van der Waals surface area (Å²) in [5.41, 5.74) is 1.98. The van der Waals surface area contributed by atoms with Crippen LogP contribution in [-0.4, -0.2) is 47.1 Å². The van der Waals surface area contributed by atoms with Gasteiger partial charge >= 0.3 is 5.97 Å². The summed E-state index contributed by atoms with van der Waals surface area (Å²) in [5, 5.41) is 23.0. The average Bonchev–Trinajstić information content (AvgIpc) is 3.36. The van der Waals surface area contributed by atoms with Crippen LogP contribution >= 0.6 is 0 Å². The first kappa shape index (κ1) is 25.5. The molecule has 0 bridgehead atoms. The maximum Gasteiger partial charge on any atom is 0.311 e. The molecule has 6 nitrogen and oxygen atoms in total. The Morgan fingerprint density at radius 3 is 2.57 bits per heavy atom. The lowest BCUT2D eigenvalue weighted by atomic mass is 9.94. The number of aliphatic carboxylic acids is 1. The molecule has 5 atom stereocenters. The SMILES string of the molecule is Cc1ccc([C@@H](C)OC[C@H](O)CNC(C)(C)Cc2cc(F)c(F)cc2F)c2c1O[C@@H]1[C@@H](C(=O)O)[C@H]21. The largest absolute Gasteiger partial charge is 0.488 e. The van der Waals surface area contributed by atoms with Crippen LogP contribution in [0.4, 0.5) is 13.2 Å². The Morgan fingerprint density at radius 2 is 1.89 bits per heavy atom. The lowest BCUT2D eigenvalue weighted by Crippen LogP contribution is -2.46. The van der Waals surface area contributed by atoms with Gasteiger partial charge in [0, 0.05) is 29.6 Å². The predicted molar refractivity (Wildman–Crippen MR) is 122 cm³/mol. The highest BCUT2D eigenvalue weighted by Crippen LogP contribution is 2.61. The second kappa shape index (κ2) is 9.44. The van der Waals surface area contributed by atoms with Crippen LogP contribution in [0, 0.1) is 30.3 Å². The van der Waals surface area contributed by atoms with Gasteiger partial charge in [-0.15, -0.1) is 0 Å². The van der Waals surface area contributed by atoms with Crippen molar-refractivity contribution in [2.75, 3.05) is 13.2 Å². The summed E-state index contributed by atoms with van der Waals surface area (Å²) in [6.45, 7) is 7.43. The van der Waals surface area contributed by atoms with Gasteiger partial charge in [-0.2, -0.15) is 0 Å². The molecule has 1 aliphatic carbocycles. The Kier molecular flexibility index (Phi) is 6.87. The van der Waals surface area contributed by atoms with Crippen LogP contribution in [0.2, 0.25) is 0 Å². The highest BCUT2D eigenvalue weighted by molar-refractivity contribution is 5.79. The third-order valence-corrected chi connectivity index (χ3v) is 6.77. The summed E-state index contributed by atoms with van der Waals surface area (Å²) in [4.78, 5) is 11.5. The van der Waals surface area contributed by atoms with E-state index in [1.54, 1.807) is 13.8 Å². The topological polar surface area (TPSA) is 88.0 Å². The molecule has 0 aromatic heterocycles. The van der Waals surface area contributed by atoms with Gasteiger partial charge in [0.1, 0.15) is 23.6 Å². The van der Waals surface area contributed by atoms with E-state index in [1.807, 2.05) is 26.0 Å². The Hall–Kier alpha value is -2.62. The minimum Gasteiger partial charge on any atom is -0.488 e. The molecule has 1 fully saturated rings. The number of benzene rings is 2. The predicted octanol–water partition coefficient (Wildman–Crippen LogP) is 4.02. The summed E-state index contributed by atoms with van der Waals surface area (Å²) < 4.78 is 52.5. The van der Waals surface area contributed by atoms with Crippen molar-refractivity contribution in [3.8, 4) is 5.75 Å². The zero-order chi connectivity index (χ0) is 25.7. The van der Waals surface area contributed by atoms with E-state index in [2.05, 4.69) is 5.32 Å². The molecular weight excluding hydrogens is 463 g/mol. The number of carboxylic acids is 1. The van der Waals surface area contributed by atoms with Gasteiger partial charge in [-0.25, -0.2) is 13.2 Å². The smallest absolute Gasteiger partial charge is 0.311 e. The number of aliphatic hydroxyl groups is 1. The molecule has 1 heterocycles. The molecule has 2 aliphatic rings. The van der Waals surface area contributed by atoms with Crippen LogP contribution in [0.1, 0.15) is 55.0 Å². The molecular formula is C26H30F3NO5. The average molecular weight is 494 g/mol. The number of ether oxygens (including phenoxy) is 2. The van der Waals surface area contributed by atoms with E-state index in [9.17, 15) is 28.2 Å². The summed E-state index contributed by atoms with van der Waals surface area (Å²) in [5.74, 6) is -4.06. The fraction of sp³-hybridized carbons (Fsp3) is 0.500. The molecule has 1 saturated carbocycles. The molecule has 0 radical (unpaired) electrons. The number of carbonyl (C=O) groups is 1. The molecule has 190 valence electrons. The number of hydrogen-bond acceptors (Lipinski definition) is 5. The molecule has 2 aromatic rings. The van der Waals surface area contributed by atoms with Crippen LogP contribution in [-0.2, 0) is 16.0 Å². The van der Waals surface area contributed by atoms with E-state index in [1.165, 1.54) is 0 Å². The van der Waals surface area contributed by atoms with Gasteiger partial charge in [-0.3, -0.25) is 4.79 Å². The third-order valence-electron chi connectivity index (χ3n) is 6.77. The Labute approximate surface area is 202 Å². The molecule has 0 spiro atoms. The number of fused-ring (bicyclic) bond motifs is 3. The number of rotatable bonds is 10. The van der Waals surface area contributed by atoms with E-state index in [0.29, 0.717) is 6.07 Å².